The molecule has 2 aliphatic rings. The summed E-state index contributed by atoms with van der Waals surface area (Å²) in [6, 6.07) is 0. The maximum absolute atomic E-state index is 6.00. The maximum atomic E-state index is 6.00. The van der Waals surface area contributed by atoms with Gasteiger partial charge in [0.1, 0.15) is 0 Å². The second kappa shape index (κ2) is 5.10. The first-order chi connectivity index (χ1) is 9.84. The Bertz CT molecular complexity index is 556. The van der Waals surface area contributed by atoms with Crippen molar-refractivity contribution >= 4 is 0 Å². The number of hydrogen-bond donors (Lipinski definition) is 1. The summed E-state index contributed by atoms with van der Waals surface area (Å²) >= 11 is 0. The minimum atomic E-state index is -0.0989. The van der Waals surface area contributed by atoms with Crippen molar-refractivity contribution in [3.63, 3.8) is 0 Å². The smallest absolute Gasteiger partial charge is 0.230 e. The van der Waals surface area contributed by atoms with Crippen molar-refractivity contribution < 1.29 is 9.26 Å². The van der Waals surface area contributed by atoms with Gasteiger partial charge < -0.3 is 14.3 Å². The SMILES string of the molecule is CN(N)C1=C(Cc2nc(C(C)(C)C)no2)CC2CCC1O2. The van der Waals surface area contributed by atoms with Crippen molar-refractivity contribution in [2.75, 3.05) is 7.05 Å². The van der Waals surface area contributed by atoms with E-state index in [1.165, 1.54) is 5.57 Å². The Morgan fingerprint density at radius 2 is 2.10 bits per heavy atom. The van der Waals surface area contributed by atoms with Crippen LogP contribution in [0.5, 0.6) is 0 Å². The molecule has 2 unspecified atom stereocenters. The molecule has 1 aromatic rings. The van der Waals surface area contributed by atoms with E-state index in [2.05, 4.69) is 30.9 Å². The van der Waals surface area contributed by atoms with Crippen LogP contribution in [0, 0.1) is 0 Å². The van der Waals surface area contributed by atoms with Gasteiger partial charge in [0.15, 0.2) is 5.82 Å². The first-order valence-corrected chi connectivity index (χ1v) is 7.53. The summed E-state index contributed by atoms with van der Waals surface area (Å²) < 4.78 is 11.4. The zero-order valence-corrected chi connectivity index (χ0v) is 13.2. The molecule has 2 bridgehead atoms. The van der Waals surface area contributed by atoms with Gasteiger partial charge in [0.2, 0.25) is 5.89 Å². The van der Waals surface area contributed by atoms with E-state index in [0.29, 0.717) is 18.4 Å². The van der Waals surface area contributed by atoms with Gasteiger partial charge in [-0.3, -0.25) is 0 Å². The van der Waals surface area contributed by atoms with Crippen LogP contribution >= 0.6 is 0 Å². The fourth-order valence-electron chi connectivity index (χ4n) is 3.12. The van der Waals surface area contributed by atoms with Crippen molar-refractivity contribution in [3.05, 3.63) is 23.0 Å². The molecule has 2 atom stereocenters. The van der Waals surface area contributed by atoms with Crippen LogP contribution in [0.4, 0.5) is 0 Å². The molecule has 1 saturated heterocycles. The third-order valence-electron chi connectivity index (χ3n) is 4.13. The van der Waals surface area contributed by atoms with Crippen LogP contribution in [0.3, 0.4) is 0 Å². The molecule has 0 amide bonds. The summed E-state index contributed by atoms with van der Waals surface area (Å²) in [6.45, 7) is 6.23. The van der Waals surface area contributed by atoms with Crippen LogP contribution < -0.4 is 5.84 Å². The Morgan fingerprint density at radius 3 is 2.71 bits per heavy atom. The van der Waals surface area contributed by atoms with E-state index in [4.69, 9.17) is 15.1 Å². The van der Waals surface area contributed by atoms with E-state index >= 15 is 0 Å². The molecule has 116 valence electrons. The van der Waals surface area contributed by atoms with Gasteiger partial charge in [0, 0.05) is 12.5 Å². The van der Waals surface area contributed by atoms with Crippen LogP contribution in [0.1, 0.15) is 51.7 Å². The molecule has 0 radical (unpaired) electrons. The van der Waals surface area contributed by atoms with E-state index < -0.39 is 0 Å². The van der Waals surface area contributed by atoms with Crippen LogP contribution in [-0.2, 0) is 16.6 Å². The van der Waals surface area contributed by atoms with Crippen molar-refractivity contribution in [1.29, 1.82) is 0 Å². The summed E-state index contributed by atoms with van der Waals surface area (Å²) in [5.74, 6) is 7.41. The first-order valence-electron chi connectivity index (χ1n) is 7.53. The summed E-state index contributed by atoms with van der Waals surface area (Å²) in [5, 5.41) is 5.77. The topological polar surface area (TPSA) is 77.4 Å². The second-order valence-corrected chi connectivity index (χ2v) is 7.07. The van der Waals surface area contributed by atoms with Crippen molar-refractivity contribution in [2.24, 2.45) is 5.84 Å². The van der Waals surface area contributed by atoms with Crippen LogP contribution in [0.15, 0.2) is 15.8 Å². The normalized spacial score (nSPS) is 25.6. The molecule has 2 aliphatic heterocycles. The molecule has 1 fully saturated rings. The van der Waals surface area contributed by atoms with Crippen molar-refractivity contribution in [2.45, 2.75) is 64.1 Å². The molecule has 6 heteroatoms. The maximum Gasteiger partial charge on any atom is 0.230 e. The molecule has 0 spiro atoms. The van der Waals surface area contributed by atoms with Gasteiger partial charge in [-0.25, -0.2) is 5.84 Å². The molecule has 1 aromatic heterocycles. The number of hydrazine groups is 1. The van der Waals surface area contributed by atoms with Gasteiger partial charge in [-0.1, -0.05) is 25.9 Å². The number of hydrogen-bond acceptors (Lipinski definition) is 6. The van der Waals surface area contributed by atoms with E-state index in [1.807, 2.05) is 7.05 Å². The lowest BCUT2D eigenvalue weighted by Gasteiger charge is -2.30. The number of fused-ring (bicyclic) bond motifs is 2. The molecule has 6 nitrogen and oxygen atoms in total. The summed E-state index contributed by atoms with van der Waals surface area (Å²) in [4.78, 5) is 4.53. The molecule has 0 aromatic carbocycles. The highest BCUT2D eigenvalue weighted by molar-refractivity contribution is 5.25. The highest BCUT2D eigenvalue weighted by Gasteiger charge is 2.37. The average molecular weight is 292 g/mol. The summed E-state index contributed by atoms with van der Waals surface area (Å²) in [5.41, 5.74) is 2.25. The fourth-order valence-corrected chi connectivity index (χ4v) is 3.12. The Kier molecular flexibility index (Phi) is 3.53. The van der Waals surface area contributed by atoms with Gasteiger partial charge in [0.05, 0.1) is 24.3 Å². The van der Waals surface area contributed by atoms with Crippen molar-refractivity contribution in [3.8, 4) is 0 Å². The molecule has 3 rings (SSSR count). The zero-order chi connectivity index (χ0) is 15.2. The van der Waals surface area contributed by atoms with Gasteiger partial charge >= 0.3 is 0 Å². The molecule has 0 saturated carbocycles. The third kappa shape index (κ3) is 2.82. The molecular weight excluding hydrogens is 268 g/mol. The van der Waals surface area contributed by atoms with Crippen LogP contribution in [0.2, 0.25) is 0 Å². The number of ether oxygens (including phenoxy) is 1. The number of nitrogens with zero attached hydrogens (tertiary/aromatic N) is 3. The Morgan fingerprint density at radius 1 is 1.33 bits per heavy atom. The Balaban J connectivity index is 1.85. The monoisotopic (exact) mass is 292 g/mol. The lowest BCUT2D eigenvalue weighted by atomic mass is 9.96. The zero-order valence-electron chi connectivity index (χ0n) is 13.2. The number of likely N-dealkylation sites (N-methyl/N-ethyl adjacent to an activating group) is 1. The first kappa shape index (κ1) is 14.5. The Hall–Kier alpha value is -1.40. The lowest BCUT2D eigenvalue weighted by molar-refractivity contribution is 0.0350. The summed E-state index contributed by atoms with van der Waals surface area (Å²) in [6.07, 6.45) is 4.15. The quantitative estimate of drug-likeness (QED) is 0.677. The highest BCUT2D eigenvalue weighted by Crippen LogP contribution is 2.38. The van der Waals surface area contributed by atoms with E-state index in [1.54, 1.807) is 5.01 Å². The molecule has 21 heavy (non-hydrogen) atoms. The fraction of sp³-hybridized carbons (Fsp3) is 0.733. The van der Waals surface area contributed by atoms with Gasteiger partial charge in [-0.15, -0.1) is 0 Å². The molecule has 3 heterocycles. The minimum Gasteiger partial charge on any atom is -0.368 e. The van der Waals surface area contributed by atoms with Crippen LogP contribution in [0.25, 0.3) is 0 Å². The van der Waals surface area contributed by atoms with Gasteiger partial charge in [-0.05, 0) is 24.8 Å². The predicted molar refractivity (Wildman–Crippen MR) is 78.2 cm³/mol. The van der Waals surface area contributed by atoms with Crippen LogP contribution in [-0.4, -0.2) is 34.4 Å². The molecular formula is C15H24N4O2. The molecule has 2 N–H and O–H groups in total. The van der Waals surface area contributed by atoms with E-state index in [9.17, 15) is 0 Å². The molecule has 0 aliphatic carbocycles. The Labute approximate surface area is 125 Å². The summed E-state index contributed by atoms with van der Waals surface area (Å²) in [7, 11) is 1.87. The van der Waals surface area contributed by atoms with E-state index in [0.717, 1.165) is 30.8 Å². The number of nitrogens with two attached hydrogens (primary N) is 1. The second-order valence-electron chi connectivity index (χ2n) is 7.07. The van der Waals surface area contributed by atoms with Gasteiger partial charge in [0.25, 0.3) is 0 Å². The predicted octanol–water partition coefficient (Wildman–Crippen LogP) is 1.92. The minimum absolute atomic E-state index is 0.0989. The largest absolute Gasteiger partial charge is 0.368 e. The highest BCUT2D eigenvalue weighted by atomic mass is 16.5. The van der Waals surface area contributed by atoms with E-state index in [-0.39, 0.29) is 11.5 Å². The van der Waals surface area contributed by atoms with Gasteiger partial charge in [-0.2, -0.15) is 4.98 Å². The lowest BCUT2D eigenvalue weighted by Crippen LogP contribution is -2.36. The number of rotatable bonds is 3. The average Bonchev–Trinajstić information content (AvgIpc) is 2.96. The van der Waals surface area contributed by atoms with Crippen molar-refractivity contribution in [1.82, 2.24) is 15.1 Å². The standard InChI is InChI=1S/C15H24N4O2/c1-15(2,3)14-17-12(21-18-14)8-9-7-10-5-6-11(20-10)13(9)19(4)16/h10-11H,5-8,16H2,1-4H3. The number of aromatic nitrogens is 2. The third-order valence-corrected chi connectivity index (χ3v) is 4.13.